The van der Waals surface area contributed by atoms with E-state index in [-0.39, 0.29) is 5.39 Å². The number of hydrogen-bond acceptors (Lipinski definition) is 6. The highest BCUT2D eigenvalue weighted by atomic mass is 35.5. The van der Waals surface area contributed by atoms with E-state index in [2.05, 4.69) is 9.97 Å². The van der Waals surface area contributed by atoms with Crippen LogP contribution in [0.1, 0.15) is 52.7 Å². The molecule has 6 N–H and O–H groups in total. The van der Waals surface area contributed by atoms with Crippen molar-refractivity contribution in [2.75, 3.05) is 11.5 Å². The van der Waals surface area contributed by atoms with E-state index in [9.17, 15) is 14.6 Å². The van der Waals surface area contributed by atoms with Gasteiger partial charge in [-0.15, -0.1) is 0 Å². The van der Waals surface area contributed by atoms with Gasteiger partial charge in [-0.25, -0.2) is 4.39 Å². The lowest BCUT2D eigenvalue weighted by molar-refractivity contribution is 0.0802. The maximum Gasteiger partial charge on any atom is 0.133 e. The molecule has 2 aromatic heterocycles. The summed E-state index contributed by atoms with van der Waals surface area (Å²) in [4.78, 5) is 8.24. The molecule has 0 unspecified atom stereocenters. The molecule has 0 aliphatic heterocycles. The van der Waals surface area contributed by atoms with Crippen molar-refractivity contribution in [1.82, 2.24) is 9.97 Å². The number of nitrogen functional groups attached to an aromatic ring is 2. The van der Waals surface area contributed by atoms with Crippen LogP contribution in [-0.4, -0.2) is 20.2 Å². The van der Waals surface area contributed by atoms with E-state index in [1.165, 1.54) is 12.3 Å². The molecule has 2 heterocycles. The molecule has 4 aromatic rings. The molecular weight excluding hydrogens is 455 g/mol. The van der Waals surface area contributed by atoms with Crippen LogP contribution in [0.25, 0.3) is 21.8 Å². The van der Waals surface area contributed by atoms with Gasteiger partial charge in [0.25, 0.3) is 0 Å². The number of nitrogens with two attached hydrogens (primary N) is 2. The molecule has 0 saturated heterocycles. The predicted octanol–water partition coefficient (Wildman–Crippen LogP) is 5.91. The Morgan fingerprint density at radius 3 is 1.91 bits per heavy atom. The van der Waals surface area contributed by atoms with Crippen molar-refractivity contribution in [2.24, 2.45) is 0 Å². The van der Waals surface area contributed by atoms with Crippen molar-refractivity contribution in [3.63, 3.8) is 0 Å². The standard InChI is InChI=1S/C12H13ClN2O.C12H13FN2O.C2H6/c1-12(2,16)11-8-5-7(13)3-4-10(8)15-6-9(11)14;1-12(2,16)11-8(14)6-15-9-5-3-4-7(13)10(9)11;1-2/h2*3-6,16H,14H2,1-2H3;1-2H3. The summed E-state index contributed by atoms with van der Waals surface area (Å²) in [5.74, 6) is -0.422. The van der Waals surface area contributed by atoms with Gasteiger partial charge in [-0.3, -0.25) is 9.97 Å². The number of hydrogen-bond donors (Lipinski definition) is 4. The molecule has 34 heavy (non-hydrogen) atoms. The molecule has 0 spiro atoms. The molecule has 0 bridgehead atoms. The van der Waals surface area contributed by atoms with Crippen LogP contribution in [0.2, 0.25) is 5.02 Å². The van der Waals surface area contributed by atoms with E-state index >= 15 is 0 Å². The van der Waals surface area contributed by atoms with Crippen LogP contribution in [0.15, 0.2) is 48.8 Å². The van der Waals surface area contributed by atoms with Gasteiger partial charge < -0.3 is 21.7 Å². The molecule has 0 fully saturated rings. The Morgan fingerprint density at radius 1 is 0.824 bits per heavy atom. The molecule has 0 saturated carbocycles. The van der Waals surface area contributed by atoms with Crippen molar-refractivity contribution < 1.29 is 14.6 Å². The second kappa shape index (κ2) is 10.5. The Hall–Kier alpha value is -3.00. The topological polar surface area (TPSA) is 118 Å². The zero-order chi connectivity index (χ0) is 25.8. The Bertz CT molecular complexity index is 1290. The highest BCUT2D eigenvalue weighted by molar-refractivity contribution is 6.31. The maximum absolute atomic E-state index is 13.8. The SMILES string of the molecule is CC.CC(C)(O)c1c(N)cnc2ccc(Cl)cc12.CC(C)(O)c1c(N)cnc2cccc(F)c12. The summed E-state index contributed by atoms with van der Waals surface area (Å²) in [6, 6.07) is 9.95. The number of benzene rings is 2. The lowest BCUT2D eigenvalue weighted by Gasteiger charge is -2.22. The first-order chi connectivity index (χ1) is 15.8. The highest BCUT2D eigenvalue weighted by Crippen LogP contribution is 2.34. The number of halogens is 2. The summed E-state index contributed by atoms with van der Waals surface area (Å²) in [6.45, 7) is 10.5. The molecule has 182 valence electrons. The van der Waals surface area contributed by atoms with E-state index in [0.717, 1.165) is 10.9 Å². The van der Waals surface area contributed by atoms with Crippen molar-refractivity contribution >= 4 is 44.8 Å². The van der Waals surface area contributed by atoms with Crippen LogP contribution >= 0.6 is 11.6 Å². The molecular formula is C26H32ClFN4O2. The first-order valence-corrected chi connectivity index (χ1v) is 11.3. The lowest BCUT2D eigenvalue weighted by atomic mass is 9.93. The summed E-state index contributed by atoms with van der Waals surface area (Å²) in [5.41, 5.74) is 12.5. The van der Waals surface area contributed by atoms with Gasteiger partial charge in [0.05, 0.1) is 46.0 Å². The number of aliphatic hydroxyl groups is 2. The smallest absolute Gasteiger partial charge is 0.133 e. The van der Waals surface area contributed by atoms with Gasteiger partial charge in [-0.05, 0) is 58.0 Å². The fraction of sp³-hybridized carbons (Fsp3) is 0.308. The van der Waals surface area contributed by atoms with Crippen LogP contribution in [0.3, 0.4) is 0 Å². The number of fused-ring (bicyclic) bond motifs is 2. The summed E-state index contributed by atoms with van der Waals surface area (Å²) >= 11 is 5.94. The summed E-state index contributed by atoms with van der Waals surface area (Å²) in [7, 11) is 0. The third kappa shape index (κ3) is 5.91. The van der Waals surface area contributed by atoms with Gasteiger partial charge in [0.2, 0.25) is 0 Å². The number of anilines is 2. The normalized spacial score (nSPS) is 11.5. The van der Waals surface area contributed by atoms with Gasteiger partial charge in [-0.1, -0.05) is 31.5 Å². The molecule has 0 aliphatic carbocycles. The minimum atomic E-state index is -1.20. The van der Waals surface area contributed by atoms with E-state index < -0.39 is 17.0 Å². The predicted molar refractivity (Wildman–Crippen MR) is 139 cm³/mol. The summed E-state index contributed by atoms with van der Waals surface area (Å²) in [6.07, 6.45) is 3.00. The highest BCUT2D eigenvalue weighted by Gasteiger charge is 2.24. The third-order valence-corrected chi connectivity index (χ3v) is 5.19. The number of aromatic nitrogens is 2. The lowest BCUT2D eigenvalue weighted by Crippen LogP contribution is -2.19. The van der Waals surface area contributed by atoms with Crippen LogP contribution in [0.5, 0.6) is 0 Å². The van der Waals surface area contributed by atoms with E-state index in [1.807, 2.05) is 19.9 Å². The summed E-state index contributed by atoms with van der Waals surface area (Å²) in [5, 5.41) is 21.8. The van der Waals surface area contributed by atoms with Crippen molar-refractivity contribution in [3.05, 3.63) is 70.8 Å². The first-order valence-electron chi connectivity index (χ1n) is 10.9. The average molecular weight is 487 g/mol. The van der Waals surface area contributed by atoms with E-state index in [0.29, 0.717) is 33.0 Å². The molecule has 0 atom stereocenters. The Kier molecular flexibility index (Phi) is 8.42. The maximum atomic E-state index is 13.8. The van der Waals surface area contributed by atoms with Crippen molar-refractivity contribution in [3.8, 4) is 0 Å². The number of rotatable bonds is 2. The zero-order valence-electron chi connectivity index (χ0n) is 20.3. The van der Waals surface area contributed by atoms with Crippen LogP contribution in [-0.2, 0) is 11.2 Å². The van der Waals surface area contributed by atoms with Crippen LogP contribution < -0.4 is 11.5 Å². The molecule has 0 aliphatic rings. The van der Waals surface area contributed by atoms with Gasteiger partial charge in [0.15, 0.2) is 0 Å². The van der Waals surface area contributed by atoms with Gasteiger partial charge in [0, 0.05) is 26.9 Å². The molecule has 0 radical (unpaired) electrons. The molecule has 0 amide bonds. The number of pyridine rings is 2. The first kappa shape index (κ1) is 27.2. The monoisotopic (exact) mass is 486 g/mol. The quantitative estimate of drug-likeness (QED) is 0.280. The van der Waals surface area contributed by atoms with Crippen LogP contribution in [0.4, 0.5) is 15.8 Å². The fourth-order valence-electron chi connectivity index (χ4n) is 3.74. The second-order valence-corrected chi connectivity index (χ2v) is 9.03. The largest absolute Gasteiger partial charge is 0.397 e. The molecule has 8 heteroatoms. The Morgan fingerprint density at radius 2 is 1.35 bits per heavy atom. The second-order valence-electron chi connectivity index (χ2n) is 8.59. The minimum absolute atomic E-state index is 0.287. The third-order valence-electron chi connectivity index (χ3n) is 4.96. The fourth-order valence-corrected chi connectivity index (χ4v) is 3.91. The van der Waals surface area contributed by atoms with Gasteiger partial charge in [0.1, 0.15) is 5.82 Å². The molecule has 4 rings (SSSR count). The van der Waals surface area contributed by atoms with Crippen molar-refractivity contribution in [1.29, 1.82) is 0 Å². The van der Waals surface area contributed by atoms with Crippen LogP contribution in [0, 0.1) is 5.82 Å². The van der Waals surface area contributed by atoms with E-state index in [1.54, 1.807) is 58.2 Å². The zero-order valence-corrected chi connectivity index (χ0v) is 21.1. The van der Waals surface area contributed by atoms with Gasteiger partial charge in [-0.2, -0.15) is 0 Å². The summed E-state index contributed by atoms with van der Waals surface area (Å²) < 4.78 is 13.8. The average Bonchev–Trinajstić information content (AvgIpc) is 2.74. The molecule has 6 nitrogen and oxygen atoms in total. The number of nitrogens with zero attached hydrogens (tertiary/aromatic N) is 2. The van der Waals surface area contributed by atoms with E-state index in [4.69, 9.17) is 23.1 Å². The Balaban J connectivity index is 0.000000224. The van der Waals surface area contributed by atoms with Crippen molar-refractivity contribution in [2.45, 2.75) is 52.7 Å². The molecule has 2 aromatic carbocycles. The Labute approximate surface area is 204 Å². The minimum Gasteiger partial charge on any atom is -0.397 e. The van der Waals surface area contributed by atoms with Gasteiger partial charge >= 0.3 is 0 Å².